The van der Waals surface area contributed by atoms with Crippen LogP contribution in [0, 0.1) is 0 Å². The number of likely N-dealkylation sites (tertiary alicyclic amines) is 1. The molecule has 1 aliphatic heterocycles. The zero-order valence-corrected chi connectivity index (χ0v) is 17.1. The average Bonchev–Trinajstić information content (AvgIpc) is 2.74. The maximum Gasteiger partial charge on any atom is 0.266 e. The zero-order valence-electron chi connectivity index (χ0n) is 17.1. The van der Waals surface area contributed by atoms with E-state index >= 15 is 0 Å². The quantitative estimate of drug-likeness (QED) is 0.782. The van der Waals surface area contributed by atoms with Gasteiger partial charge in [0.25, 0.3) is 5.91 Å². The molecule has 3 rings (SSSR count). The minimum Gasteiger partial charge on any atom is -0.476 e. The summed E-state index contributed by atoms with van der Waals surface area (Å²) in [5, 5.41) is 3.15. The number of para-hydroxylation sites is 1. The molecule has 1 N–H and O–H groups in total. The van der Waals surface area contributed by atoms with Crippen molar-refractivity contribution in [3.63, 3.8) is 0 Å². The fourth-order valence-corrected chi connectivity index (χ4v) is 3.38. The molecule has 2 amide bonds. The van der Waals surface area contributed by atoms with Crippen LogP contribution in [0.15, 0.2) is 60.7 Å². The van der Waals surface area contributed by atoms with Gasteiger partial charge in [-0.3, -0.25) is 14.5 Å². The van der Waals surface area contributed by atoms with Gasteiger partial charge in [0.05, 0.1) is 6.54 Å². The second kappa shape index (κ2) is 10.1. The second-order valence-corrected chi connectivity index (χ2v) is 7.57. The van der Waals surface area contributed by atoms with E-state index < -0.39 is 6.10 Å². The molecule has 1 saturated heterocycles. The summed E-state index contributed by atoms with van der Waals surface area (Å²) in [6, 6.07) is 19.0. The van der Waals surface area contributed by atoms with Crippen LogP contribution in [0.25, 0.3) is 0 Å². The Kier molecular flexibility index (Phi) is 7.25. The third-order valence-corrected chi connectivity index (χ3v) is 5.13. The summed E-state index contributed by atoms with van der Waals surface area (Å²) < 4.78 is 6.03. The van der Waals surface area contributed by atoms with E-state index in [1.54, 1.807) is 19.0 Å². The van der Waals surface area contributed by atoms with E-state index in [2.05, 4.69) is 10.2 Å². The summed E-state index contributed by atoms with van der Waals surface area (Å²) in [4.78, 5) is 28.7. The molecule has 1 atom stereocenters. The van der Waals surface area contributed by atoms with Crippen molar-refractivity contribution in [3.05, 3.63) is 66.2 Å². The molecule has 154 valence electrons. The normalized spacial score (nSPS) is 16.1. The predicted octanol–water partition coefficient (Wildman–Crippen LogP) is 2.48. The maximum absolute atomic E-state index is 13.1. The van der Waals surface area contributed by atoms with Crippen molar-refractivity contribution in [2.24, 2.45) is 0 Å². The molecule has 1 fully saturated rings. The second-order valence-electron chi connectivity index (χ2n) is 7.57. The van der Waals surface area contributed by atoms with Gasteiger partial charge in [0, 0.05) is 38.8 Å². The van der Waals surface area contributed by atoms with Gasteiger partial charge in [-0.15, -0.1) is 0 Å². The van der Waals surface area contributed by atoms with Crippen molar-refractivity contribution in [2.75, 3.05) is 33.7 Å². The lowest BCUT2D eigenvalue weighted by molar-refractivity contribution is -0.131. The molecule has 0 spiro atoms. The van der Waals surface area contributed by atoms with Crippen LogP contribution in [0.2, 0.25) is 0 Å². The highest BCUT2D eigenvalue weighted by Gasteiger charge is 2.27. The molecule has 1 heterocycles. The first-order valence-electron chi connectivity index (χ1n) is 10.0. The van der Waals surface area contributed by atoms with Crippen LogP contribution in [0.4, 0.5) is 0 Å². The Morgan fingerprint density at radius 1 is 1.03 bits per heavy atom. The van der Waals surface area contributed by atoms with Gasteiger partial charge < -0.3 is 15.0 Å². The standard InChI is InChI=1S/C23H29N3O3/c1-25(2)21(27)17-26-15-13-19(14-16-26)24-23(28)22(18-9-5-3-6-10-18)29-20-11-7-4-8-12-20/h3-12,19,22H,13-17H2,1-2H3,(H,24,28). The van der Waals surface area contributed by atoms with Crippen molar-refractivity contribution in [3.8, 4) is 5.75 Å². The number of hydrogen-bond donors (Lipinski definition) is 1. The highest BCUT2D eigenvalue weighted by molar-refractivity contribution is 5.83. The van der Waals surface area contributed by atoms with Crippen LogP contribution in [0.1, 0.15) is 24.5 Å². The monoisotopic (exact) mass is 395 g/mol. The van der Waals surface area contributed by atoms with E-state index in [4.69, 9.17) is 4.74 Å². The lowest BCUT2D eigenvalue weighted by atomic mass is 10.0. The van der Waals surface area contributed by atoms with Crippen molar-refractivity contribution in [2.45, 2.75) is 25.0 Å². The van der Waals surface area contributed by atoms with Gasteiger partial charge in [0.2, 0.25) is 12.0 Å². The number of carbonyl (C=O) groups excluding carboxylic acids is 2. The minimum atomic E-state index is -0.702. The number of carbonyl (C=O) groups is 2. The average molecular weight is 396 g/mol. The summed E-state index contributed by atoms with van der Waals surface area (Å²) in [5.74, 6) is 0.629. The lowest BCUT2D eigenvalue weighted by Gasteiger charge is -2.33. The third kappa shape index (κ3) is 6.06. The van der Waals surface area contributed by atoms with Gasteiger partial charge in [-0.05, 0) is 25.0 Å². The number of nitrogens with one attached hydrogen (secondary N) is 1. The lowest BCUT2D eigenvalue weighted by Crippen LogP contribution is -2.48. The van der Waals surface area contributed by atoms with E-state index in [0.717, 1.165) is 31.5 Å². The first-order valence-corrected chi connectivity index (χ1v) is 10.0. The van der Waals surface area contributed by atoms with Crippen molar-refractivity contribution in [1.29, 1.82) is 0 Å². The summed E-state index contributed by atoms with van der Waals surface area (Å²) in [5.41, 5.74) is 0.822. The first kappa shape index (κ1) is 20.9. The van der Waals surface area contributed by atoms with Crippen LogP contribution in [-0.4, -0.2) is 61.4 Å². The van der Waals surface area contributed by atoms with Gasteiger partial charge in [-0.2, -0.15) is 0 Å². The molecule has 1 aliphatic rings. The summed E-state index contributed by atoms with van der Waals surface area (Å²) in [7, 11) is 3.54. The van der Waals surface area contributed by atoms with Crippen LogP contribution in [0.3, 0.4) is 0 Å². The molecule has 1 unspecified atom stereocenters. The SMILES string of the molecule is CN(C)C(=O)CN1CCC(NC(=O)C(Oc2ccccc2)c2ccccc2)CC1. The third-order valence-electron chi connectivity index (χ3n) is 5.13. The van der Waals surface area contributed by atoms with Gasteiger partial charge in [-0.25, -0.2) is 0 Å². The van der Waals surface area contributed by atoms with Crippen LogP contribution < -0.4 is 10.1 Å². The highest BCUT2D eigenvalue weighted by Crippen LogP contribution is 2.23. The van der Waals surface area contributed by atoms with Crippen LogP contribution in [0.5, 0.6) is 5.75 Å². The number of hydrogen-bond acceptors (Lipinski definition) is 4. The van der Waals surface area contributed by atoms with Crippen LogP contribution in [-0.2, 0) is 9.59 Å². The molecule has 0 radical (unpaired) electrons. The van der Waals surface area contributed by atoms with Crippen molar-refractivity contribution >= 4 is 11.8 Å². The topological polar surface area (TPSA) is 61.9 Å². The van der Waals surface area contributed by atoms with E-state index in [9.17, 15) is 9.59 Å². The fourth-order valence-electron chi connectivity index (χ4n) is 3.38. The minimum absolute atomic E-state index is 0.0822. The summed E-state index contributed by atoms with van der Waals surface area (Å²) >= 11 is 0. The largest absolute Gasteiger partial charge is 0.476 e. The van der Waals surface area contributed by atoms with E-state index in [-0.39, 0.29) is 17.9 Å². The van der Waals surface area contributed by atoms with Gasteiger partial charge >= 0.3 is 0 Å². The fraction of sp³-hybridized carbons (Fsp3) is 0.391. The first-order chi connectivity index (χ1) is 14.0. The van der Waals surface area contributed by atoms with Gasteiger partial charge in [0.1, 0.15) is 5.75 Å². The van der Waals surface area contributed by atoms with Gasteiger partial charge in [-0.1, -0.05) is 48.5 Å². The maximum atomic E-state index is 13.1. The highest BCUT2D eigenvalue weighted by atomic mass is 16.5. The number of benzene rings is 2. The number of piperidine rings is 1. The molecule has 0 bridgehead atoms. The molecule has 29 heavy (non-hydrogen) atoms. The van der Waals surface area contributed by atoms with Crippen molar-refractivity contribution in [1.82, 2.24) is 15.1 Å². The van der Waals surface area contributed by atoms with E-state index in [1.165, 1.54) is 0 Å². The molecular weight excluding hydrogens is 366 g/mol. The smallest absolute Gasteiger partial charge is 0.266 e. The molecule has 2 aromatic carbocycles. The Morgan fingerprint density at radius 2 is 1.62 bits per heavy atom. The molecule has 0 aromatic heterocycles. The Bertz CT molecular complexity index is 788. The molecule has 0 aliphatic carbocycles. The molecule has 6 heteroatoms. The number of likely N-dealkylation sites (N-methyl/N-ethyl adjacent to an activating group) is 1. The number of amides is 2. The Hall–Kier alpha value is -2.86. The molecule has 0 saturated carbocycles. The molecule has 2 aromatic rings. The van der Waals surface area contributed by atoms with Crippen molar-refractivity contribution < 1.29 is 14.3 Å². The Balaban J connectivity index is 1.60. The number of ether oxygens (including phenoxy) is 1. The molecular formula is C23H29N3O3. The summed E-state index contributed by atoms with van der Waals surface area (Å²) in [6.45, 7) is 2.01. The summed E-state index contributed by atoms with van der Waals surface area (Å²) in [6.07, 6.45) is 0.936. The Labute approximate surface area is 172 Å². The molecule has 6 nitrogen and oxygen atoms in total. The zero-order chi connectivity index (χ0) is 20.6. The van der Waals surface area contributed by atoms with E-state index in [0.29, 0.717) is 12.3 Å². The van der Waals surface area contributed by atoms with E-state index in [1.807, 2.05) is 60.7 Å². The van der Waals surface area contributed by atoms with Crippen LogP contribution >= 0.6 is 0 Å². The number of nitrogens with zero attached hydrogens (tertiary/aromatic N) is 2. The predicted molar refractivity (Wildman–Crippen MR) is 113 cm³/mol. The number of rotatable bonds is 7. The Morgan fingerprint density at radius 3 is 2.21 bits per heavy atom. The van der Waals surface area contributed by atoms with Gasteiger partial charge in [0.15, 0.2) is 0 Å².